The van der Waals surface area contributed by atoms with Crippen LogP contribution in [0.2, 0.25) is 0 Å². The Morgan fingerprint density at radius 2 is 0.653 bits per heavy atom. The Morgan fingerprint density at radius 3 is 0.986 bits per heavy atom. The summed E-state index contributed by atoms with van der Waals surface area (Å²) in [5.74, 6) is -0.0380. The lowest BCUT2D eigenvalue weighted by molar-refractivity contribution is 0.100. The standard InChI is InChI=1S/C66H50N2O4/c1-39-13-7-8-14-56(39)66(49-25-29-51(30-26-49)68-63-33-21-46(42(4)71)37-54(63)55-38-47(43(5)72)22-34-64(55)68)59-17-11-9-15-57(59)65(6,58-16-10-12-18-60(58)66)48-23-27-50(28-24-48)67-61-31-19-44(40(2)69)35-52(61)53-36-45(41(3)70)20-32-62(53)67/h7-38H,1-6H3. The number of aryl methyl sites for hydroxylation is 1. The van der Waals surface area contributed by atoms with E-state index in [9.17, 15) is 19.2 Å². The number of carbonyl (C=O) groups excluding carboxylic acids is 4. The van der Waals surface area contributed by atoms with Gasteiger partial charge in [-0.25, -0.2) is 0 Å². The lowest BCUT2D eigenvalue weighted by Crippen LogP contribution is -2.43. The van der Waals surface area contributed by atoms with Gasteiger partial charge in [-0.05, 0) is 183 Å². The number of hydrogen-bond donors (Lipinski definition) is 0. The molecule has 348 valence electrons. The van der Waals surface area contributed by atoms with Crippen LogP contribution >= 0.6 is 0 Å². The van der Waals surface area contributed by atoms with Gasteiger partial charge in [-0.2, -0.15) is 0 Å². The molecule has 0 fully saturated rings. The Balaban J connectivity index is 1.04. The fourth-order valence-electron chi connectivity index (χ4n) is 12.1. The van der Waals surface area contributed by atoms with Crippen LogP contribution < -0.4 is 0 Å². The van der Waals surface area contributed by atoms with E-state index in [0.29, 0.717) is 22.3 Å². The van der Waals surface area contributed by atoms with Crippen LogP contribution in [0.3, 0.4) is 0 Å². The largest absolute Gasteiger partial charge is 0.309 e. The van der Waals surface area contributed by atoms with E-state index in [1.54, 1.807) is 27.7 Å². The van der Waals surface area contributed by atoms with Gasteiger partial charge in [-0.1, -0.05) is 97.1 Å². The molecule has 0 spiro atoms. The summed E-state index contributed by atoms with van der Waals surface area (Å²) in [7, 11) is 0. The van der Waals surface area contributed by atoms with Crippen LogP contribution in [0.4, 0.5) is 0 Å². The Morgan fingerprint density at radius 1 is 0.347 bits per heavy atom. The normalized spacial score (nSPS) is 16.2. The number of aromatic nitrogens is 2. The Kier molecular flexibility index (Phi) is 10.1. The summed E-state index contributed by atoms with van der Waals surface area (Å²) in [5.41, 5.74) is 16.5. The maximum absolute atomic E-state index is 12.6. The zero-order valence-corrected chi connectivity index (χ0v) is 41.0. The Labute approximate surface area is 417 Å². The Bertz CT molecular complexity index is 3940. The minimum atomic E-state index is -0.718. The highest BCUT2D eigenvalue weighted by atomic mass is 16.1. The predicted molar refractivity (Wildman–Crippen MR) is 290 cm³/mol. The maximum Gasteiger partial charge on any atom is 0.159 e. The molecule has 2 heterocycles. The summed E-state index contributed by atoms with van der Waals surface area (Å²) in [6.07, 6.45) is 0. The van der Waals surface area contributed by atoms with E-state index in [0.717, 1.165) is 66.1 Å². The number of Topliss-reactive ketones (excluding diaryl/α,β-unsaturated/α-hetero) is 4. The molecule has 0 unspecified atom stereocenters. The van der Waals surface area contributed by atoms with Gasteiger partial charge < -0.3 is 9.13 Å². The van der Waals surface area contributed by atoms with Gasteiger partial charge in [0.05, 0.1) is 27.5 Å². The average Bonchev–Trinajstić information content (AvgIpc) is 3.90. The van der Waals surface area contributed by atoms with Crippen molar-refractivity contribution in [3.05, 3.63) is 261 Å². The SMILES string of the molecule is CC(=O)c1ccc2c(c1)c1cc(C(C)=O)ccc1n2-c1ccc(C2(C)c3ccccc3C(c3ccc(-n4c5ccc(C(C)=O)cc5c5cc(C(C)=O)ccc54)cc3)(c3ccccc3C)c3ccccc32)cc1. The van der Waals surface area contributed by atoms with Crippen LogP contribution in [0.1, 0.15) is 121 Å². The van der Waals surface area contributed by atoms with Gasteiger partial charge >= 0.3 is 0 Å². The summed E-state index contributed by atoms with van der Waals surface area (Å²) in [4.78, 5) is 50.5. The first-order valence-electron chi connectivity index (χ1n) is 24.5. The monoisotopic (exact) mass is 934 g/mol. The third-order valence-electron chi connectivity index (χ3n) is 15.7. The fourth-order valence-corrected chi connectivity index (χ4v) is 12.1. The van der Waals surface area contributed by atoms with Crippen molar-refractivity contribution >= 4 is 66.7 Å². The van der Waals surface area contributed by atoms with Gasteiger partial charge in [0.2, 0.25) is 0 Å². The summed E-state index contributed by atoms with van der Waals surface area (Å²) >= 11 is 0. The summed E-state index contributed by atoms with van der Waals surface area (Å²) in [6.45, 7) is 10.9. The van der Waals surface area contributed by atoms with Gasteiger partial charge in [0, 0.05) is 60.6 Å². The van der Waals surface area contributed by atoms with Gasteiger partial charge in [0.1, 0.15) is 0 Å². The zero-order chi connectivity index (χ0) is 49.8. The molecule has 0 bridgehead atoms. The number of ketones is 4. The predicted octanol–water partition coefficient (Wildman–Crippen LogP) is 15.1. The first kappa shape index (κ1) is 44.5. The molecule has 9 aromatic carbocycles. The molecule has 6 nitrogen and oxygen atoms in total. The van der Waals surface area contributed by atoms with Gasteiger partial charge in [0.15, 0.2) is 23.1 Å². The van der Waals surface area contributed by atoms with Crippen LogP contribution in [-0.4, -0.2) is 32.3 Å². The van der Waals surface area contributed by atoms with Crippen molar-refractivity contribution in [2.45, 2.75) is 52.4 Å². The summed E-state index contributed by atoms with van der Waals surface area (Å²) in [6, 6.07) is 67.9. The first-order chi connectivity index (χ1) is 34.8. The zero-order valence-electron chi connectivity index (χ0n) is 41.0. The molecule has 1 aliphatic rings. The van der Waals surface area contributed by atoms with Crippen molar-refractivity contribution in [3.63, 3.8) is 0 Å². The average molecular weight is 935 g/mol. The van der Waals surface area contributed by atoms with E-state index >= 15 is 0 Å². The maximum atomic E-state index is 12.6. The topological polar surface area (TPSA) is 78.1 Å². The number of rotatable bonds is 9. The van der Waals surface area contributed by atoms with Crippen molar-refractivity contribution in [3.8, 4) is 11.4 Å². The number of carbonyl (C=O) groups is 4. The minimum absolute atomic E-state index is 0.00852. The highest BCUT2D eigenvalue weighted by Gasteiger charge is 2.51. The van der Waals surface area contributed by atoms with Crippen molar-refractivity contribution < 1.29 is 19.2 Å². The second-order valence-corrected chi connectivity index (χ2v) is 19.7. The van der Waals surface area contributed by atoms with E-state index in [1.165, 1.54) is 33.4 Å². The lowest BCUT2D eigenvalue weighted by Gasteiger charge is -2.49. The van der Waals surface area contributed by atoms with E-state index in [2.05, 4.69) is 144 Å². The van der Waals surface area contributed by atoms with Crippen molar-refractivity contribution in [1.29, 1.82) is 0 Å². The van der Waals surface area contributed by atoms with Gasteiger partial charge in [0.25, 0.3) is 0 Å². The molecular formula is C66H50N2O4. The molecular weight excluding hydrogens is 885 g/mol. The third-order valence-corrected chi connectivity index (χ3v) is 15.7. The number of nitrogens with zero attached hydrogens (tertiary/aromatic N) is 2. The summed E-state index contributed by atoms with van der Waals surface area (Å²) < 4.78 is 4.46. The molecule has 12 rings (SSSR count). The highest BCUT2D eigenvalue weighted by Crippen LogP contribution is 2.58. The highest BCUT2D eigenvalue weighted by molar-refractivity contribution is 6.15. The second kappa shape index (κ2) is 16.4. The summed E-state index contributed by atoms with van der Waals surface area (Å²) in [5, 5.41) is 3.69. The minimum Gasteiger partial charge on any atom is -0.309 e. The molecule has 0 saturated carbocycles. The van der Waals surface area contributed by atoms with E-state index in [4.69, 9.17) is 0 Å². The molecule has 2 aromatic heterocycles. The lowest BCUT2D eigenvalue weighted by atomic mass is 9.52. The molecule has 0 saturated heterocycles. The van der Waals surface area contributed by atoms with E-state index < -0.39 is 10.8 Å². The van der Waals surface area contributed by atoms with Crippen LogP contribution in [0.5, 0.6) is 0 Å². The van der Waals surface area contributed by atoms with Gasteiger partial charge in [-0.15, -0.1) is 0 Å². The van der Waals surface area contributed by atoms with Crippen molar-refractivity contribution in [1.82, 2.24) is 9.13 Å². The van der Waals surface area contributed by atoms with Crippen LogP contribution in [-0.2, 0) is 10.8 Å². The quantitative estimate of drug-likeness (QED) is 0.135. The molecule has 72 heavy (non-hydrogen) atoms. The molecule has 0 atom stereocenters. The van der Waals surface area contributed by atoms with Crippen molar-refractivity contribution in [2.75, 3.05) is 0 Å². The van der Waals surface area contributed by atoms with Crippen molar-refractivity contribution in [2.24, 2.45) is 0 Å². The number of hydrogen-bond acceptors (Lipinski definition) is 4. The molecule has 0 radical (unpaired) electrons. The van der Waals surface area contributed by atoms with Gasteiger partial charge in [-0.3, -0.25) is 19.2 Å². The van der Waals surface area contributed by atoms with Crippen LogP contribution in [0.15, 0.2) is 194 Å². The van der Waals surface area contributed by atoms with Crippen LogP contribution in [0, 0.1) is 6.92 Å². The smallest absolute Gasteiger partial charge is 0.159 e. The third kappa shape index (κ3) is 6.41. The fraction of sp³-hybridized carbons (Fsp3) is 0.121. The molecule has 1 aliphatic carbocycles. The van der Waals surface area contributed by atoms with Crippen LogP contribution in [0.25, 0.3) is 55.0 Å². The molecule has 11 aromatic rings. The molecule has 0 N–H and O–H groups in total. The number of fused-ring (bicyclic) bond motifs is 8. The van der Waals surface area contributed by atoms with E-state index in [1.807, 2.05) is 72.8 Å². The molecule has 0 amide bonds. The molecule has 6 heteroatoms. The van der Waals surface area contributed by atoms with E-state index in [-0.39, 0.29) is 23.1 Å². The molecule has 0 aliphatic heterocycles. The first-order valence-corrected chi connectivity index (χ1v) is 24.5. The second-order valence-electron chi connectivity index (χ2n) is 19.7. The number of benzene rings is 9. The Hall–Kier alpha value is -8.74.